The van der Waals surface area contributed by atoms with E-state index < -0.39 is 32.7 Å². The fourth-order valence-electron chi connectivity index (χ4n) is 17.5. The van der Waals surface area contributed by atoms with Crippen molar-refractivity contribution < 1.29 is 4.42 Å². The smallest absolute Gasteiger partial charge is 0.135 e. The van der Waals surface area contributed by atoms with Gasteiger partial charge < -0.3 is 18.8 Å². The monoisotopic (exact) mass is 1380 g/mol. The number of benzene rings is 13. The lowest BCUT2D eigenvalue weighted by Gasteiger charge is -2.44. The predicted octanol–water partition coefficient (Wildman–Crippen LogP) is 20.2. The summed E-state index contributed by atoms with van der Waals surface area (Å²) in [6, 6.07) is 94.8. The molecule has 0 saturated heterocycles. The summed E-state index contributed by atoms with van der Waals surface area (Å²) in [6.45, 7) is 26.2. The van der Waals surface area contributed by atoms with E-state index in [4.69, 9.17) is 4.42 Å². The Kier molecular flexibility index (Phi) is 13.2. The van der Waals surface area contributed by atoms with Crippen LogP contribution in [0, 0.1) is 20.8 Å². The third-order valence-electron chi connectivity index (χ3n) is 22.7. The predicted molar refractivity (Wildman–Crippen MR) is 442 cm³/mol. The highest BCUT2D eigenvalue weighted by molar-refractivity contribution is 7.86. The molecule has 16 aromatic rings. The van der Waals surface area contributed by atoms with E-state index in [1.54, 1.807) is 20.9 Å². The van der Waals surface area contributed by atoms with Gasteiger partial charge in [0, 0.05) is 69.8 Å². The molecular weight excluding hydrogens is 1300 g/mol. The molecular formula is C91H75N3OP2SSi2. The summed E-state index contributed by atoms with van der Waals surface area (Å²) in [6.07, 6.45) is 0. The highest BCUT2D eigenvalue weighted by atomic mass is 32.1. The molecule has 20 rings (SSSR count). The van der Waals surface area contributed by atoms with E-state index in [1.807, 2.05) is 11.3 Å². The van der Waals surface area contributed by atoms with E-state index in [-0.39, 0.29) is 5.41 Å². The molecule has 3 atom stereocenters. The Balaban J connectivity index is 0.742. The first-order valence-electron chi connectivity index (χ1n) is 35.5. The Hall–Kier alpha value is -9.43. The summed E-state index contributed by atoms with van der Waals surface area (Å²) in [4.78, 5) is 5.25. The maximum Gasteiger partial charge on any atom is 0.135 e. The Morgan fingerprint density at radius 1 is 0.480 bits per heavy atom. The minimum absolute atomic E-state index is 0.0106. The maximum absolute atomic E-state index is 7.65. The number of thiophene rings is 1. The van der Waals surface area contributed by atoms with Gasteiger partial charge in [-0.25, -0.2) is 0 Å². The van der Waals surface area contributed by atoms with Crippen LogP contribution in [0.25, 0.3) is 92.3 Å². The molecule has 0 fully saturated rings. The van der Waals surface area contributed by atoms with Gasteiger partial charge in [-0.3, -0.25) is 0 Å². The van der Waals surface area contributed by atoms with Crippen LogP contribution >= 0.6 is 27.2 Å². The summed E-state index contributed by atoms with van der Waals surface area (Å²) in [5.74, 6) is 0.293. The molecule has 7 heterocycles. The summed E-state index contributed by atoms with van der Waals surface area (Å²) < 4.78 is 13.0. The fourth-order valence-corrected chi connectivity index (χ4v) is 34.4. The number of rotatable bonds is 6. The van der Waals surface area contributed by atoms with Gasteiger partial charge in [-0.05, 0) is 215 Å². The molecule has 0 amide bonds. The fraction of sp³-hybridized carbons (Fsp3) is 0.143. The molecule has 0 saturated carbocycles. The van der Waals surface area contributed by atoms with Crippen LogP contribution in [0.5, 0.6) is 0 Å². The molecule has 0 bridgehead atoms. The number of anilines is 6. The zero-order valence-corrected chi connectivity index (χ0v) is 63.1. The van der Waals surface area contributed by atoms with Crippen molar-refractivity contribution in [3.63, 3.8) is 0 Å². The lowest BCUT2D eigenvalue weighted by molar-refractivity contribution is 0.591. The van der Waals surface area contributed by atoms with Crippen LogP contribution in [0.15, 0.2) is 247 Å². The Morgan fingerprint density at radius 2 is 1.16 bits per heavy atom. The van der Waals surface area contributed by atoms with Gasteiger partial charge in [0.1, 0.15) is 28.0 Å². The second-order valence-corrected chi connectivity index (χ2v) is 43.0. The van der Waals surface area contributed by atoms with Gasteiger partial charge in [0.05, 0.1) is 38.4 Å². The minimum atomic E-state index is -2.29. The van der Waals surface area contributed by atoms with Crippen molar-refractivity contribution in [2.45, 2.75) is 86.4 Å². The quantitative estimate of drug-likeness (QED) is 0.0942. The maximum atomic E-state index is 7.65. The highest BCUT2D eigenvalue weighted by Crippen LogP contribution is 2.61. The molecule has 484 valence electrons. The second kappa shape index (κ2) is 21.8. The Labute approximate surface area is 593 Å². The molecule has 0 radical (unpaired) electrons. The van der Waals surface area contributed by atoms with Crippen molar-refractivity contribution in [2.24, 2.45) is 0 Å². The summed E-state index contributed by atoms with van der Waals surface area (Å²) >= 11 is 2.01. The largest absolute Gasteiger partial charge is 0.456 e. The van der Waals surface area contributed by atoms with Gasteiger partial charge in [0.25, 0.3) is 0 Å². The minimum Gasteiger partial charge on any atom is -0.456 e. The number of para-hydroxylation sites is 1. The normalized spacial score (nSPS) is 16.4. The lowest BCUT2D eigenvalue weighted by Crippen LogP contribution is -2.72. The van der Waals surface area contributed by atoms with Gasteiger partial charge in [0.2, 0.25) is 0 Å². The van der Waals surface area contributed by atoms with Crippen molar-refractivity contribution in [1.82, 2.24) is 4.57 Å². The summed E-state index contributed by atoms with van der Waals surface area (Å²) in [7, 11) is -5.86. The van der Waals surface area contributed by atoms with Crippen LogP contribution in [-0.4, -0.2) is 21.4 Å². The van der Waals surface area contributed by atoms with E-state index in [0.717, 1.165) is 17.0 Å². The van der Waals surface area contributed by atoms with Gasteiger partial charge >= 0.3 is 0 Å². The number of hydrogen-bond acceptors (Lipinski definition) is 4. The van der Waals surface area contributed by atoms with Crippen LogP contribution in [0.2, 0.25) is 19.6 Å². The van der Waals surface area contributed by atoms with E-state index in [1.165, 1.54) is 169 Å². The molecule has 3 aromatic heterocycles. The van der Waals surface area contributed by atoms with Gasteiger partial charge in [-0.15, -0.1) is 11.3 Å². The first kappa shape index (κ1) is 60.5. The molecule has 9 heteroatoms. The Morgan fingerprint density at radius 3 is 1.94 bits per heavy atom. The number of hydrogen-bond donors (Lipinski definition) is 0. The first-order chi connectivity index (χ1) is 48.4. The van der Waals surface area contributed by atoms with E-state index >= 15 is 0 Å². The average Bonchev–Trinajstić information content (AvgIpc) is 1.28. The molecule has 0 N–H and O–H groups in total. The standard InChI is InChI=1S/C91H75N3OP2SSi2/c1-52(2)60-46-76-86-77(47-60)94(63-34-25-54(4)26-35-63)85-72-50-61(91(6,7)8)31-41-81(72)98-90(85)97(86)79-40-36-64(51-75(79)92(76)62-32-23-53(3)24-33-62)93-73-22-15-14-19-69(73)71-45-57(29-39-74(71)93)58-28-38-70-78(48-58)95-89-88(70)100(10,11)84-44-55(5)43-83-87(84)96(89)80-49-59(30-42-82(80)99(83)9)66-20-16-21-67-65-18-13-12-17-56(65)27-37-68(66)67/h12-52,99H,1-11H3. The average molecular weight is 1380 g/mol. The van der Waals surface area contributed by atoms with Crippen LogP contribution in [-0.2, 0) is 5.41 Å². The SMILES string of the molecule is Cc1ccc(N2c3cc(-n4c5ccccc5c5cc(-c6ccc7c8c(oc7c6)P6c7cc(-c9cccc%10c9ccc9ccccc9%10)ccc7[SiH](C)c7cc(C)cc(c76)[Si]8(C)C)ccc54)ccc3P3c4sc5ccc(C(C)(C)C)cc5c4N(c4ccc(C)cc4)c4cc(C(C)C)cc2c43)cc1. The van der Waals surface area contributed by atoms with Gasteiger partial charge in [0.15, 0.2) is 0 Å². The molecule has 4 nitrogen and oxygen atoms in total. The molecule has 13 aromatic carbocycles. The van der Waals surface area contributed by atoms with E-state index in [9.17, 15) is 0 Å². The number of furan rings is 1. The Bertz CT molecular complexity index is 6250. The van der Waals surface area contributed by atoms with Crippen molar-refractivity contribution in [3.05, 3.63) is 270 Å². The molecule has 0 spiro atoms. The van der Waals surface area contributed by atoms with Crippen LogP contribution < -0.4 is 61.9 Å². The molecule has 0 aliphatic carbocycles. The molecule has 100 heavy (non-hydrogen) atoms. The number of aromatic nitrogens is 1. The zero-order valence-electron chi connectivity index (χ0n) is 58.3. The third-order valence-corrected chi connectivity index (χ3v) is 36.6. The van der Waals surface area contributed by atoms with Gasteiger partial charge in [-0.2, -0.15) is 0 Å². The second-order valence-electron chi connectivity index (χ2n) is 30.6. The van der Waals surface area contributed by atoms with Crippen LogP contribution in [0.3, 0.4) is 0 Å². The van der Waals surface area contributed by atoms with E-state index in [2.05, 4.69) is 332 Å². The zero-order chi connectivity index (χ0) is 67.7. The van der Waals surface area contributed by atoms with Gasteiger partial charge in [-0.1, -0.05) is 217 Å². The van der Waals surface area contributed by atoms with Crippen LogP contribution in [0.4, 0.5) is 34.1 Å². The van der Waals surface area contributed by atoms with Crippen molar-refractivity contribution >= 4 is 195 Å². The van der Waals surface area contributed by atoms with Crippen molar-refractivity contribution in [1.29, 1.82) is 0 Å². The van der Waals surface area contributed by atoms with E-state index in [0.29, 0.717) is 5.92 Å². The molecule has 3 unspecified atom stereocenters. The summed E-state index contributed by atoms with van der Waals surface area (Å²) in [5, 5.41) is 22.5. The van der Waals surface area contributed by atoms with Crippen molar-refractivity contribution in [2.75, 3.05) is 9.80 Å². The first-order valence-corrected chi connectivity index (χ1v) is 44.3. The lowest BCUT2D eigenvalue weighted by atomic mass is 9.86. The third kappa shape index (κ3) is 8.75. The molecule has 4 aliphatic rings. The van der Waals surface area contributed by atoms with Crippen LogP contribution in [0.1, 0.15) is 68.4 Å². The molecule has 4 aliphatic heterocycles. The number of aryl methyl sites for hydroxylation is 3. The number of fused-ring (bicyclic) bond motifs is 18. The highest BCUT2D eigenvalue weighted by Gasteiger charge is 2.49. The number of nitrogens with zero attached hydrogens (tertiary/aromatic N) is 3. The topological polar surface area (TPSA) is 24.6 Å². The summed E-state index contributed by atoms with van der Waals surface area (Å²) in [5.41, 5.74) is 24.7. The van der Waals surface area contributed by atoms with Crippen molar-refractivity contribution in [3.8, 4) is 27.9 Å².